The van der Waals surface area contributed by atoms with Crippen molar-refractivity contribution >= 4 is 21.7 Å². The van der Waals surface area contributed by atoms with Gasteiger partial charge in [0, 0.05) is 25.3 Å². The van der Waals surface area contributed by atoms with E-state index in [4.69, 9.17) is 5.11 Å². The van der Waals surface area contributed by atoms with Gasteiger partial charge in [0.15, 0.2) is 0 Å². The first-order chi connectivity index (χ1) is 8.29. The summed E-state index contributed by atoms with van der Waals surface area (Å²) in [6.07, 6.45) is 3.40. The molecule has 1 amide bonds. The molecule has 6 nitrogen and oxygen atoms in total. The highest BCUT2D eigenvalue weighted by Gasteiger charge is 2.28. The summed E-state index contributed by atoms with van der Waals surface area (Å²) in [5, 5.41) is 8.79. The Labute approximate surface area is 107 Å². The van der Waals surface area contributed by atoms with Gasteiger partial charge >= 0.3 is 5.97 Å². The van der Waals surface area contributed by atoms with Crippen LogP contribution in [0.1, 0.15) is 32.1 Å². The second kappa shape index (κ2) is 6.17. The van der Waals surface area contributed by atoms with Gasteiger partial charge in [0.2, 0.25) is 5.91 Å². The van der Waals surface area contributed by atoms with Crippen molar-refractivity contribution in [3.8, 4) is 0 Å². The van der Waals surface area contributed by atoms with E-state index in [-0.39, 0.29) is 30.5 Å². The maximum Gasteiger partial charge on any atom is 0.305 e. The van der Waals surface area contributed by atoms with Crippen molar-refractivity contribution in [1.29, 1.82) is 0 Å². The Bertz CT molecular complexity index is 417. The Kier molecular flexibility index (Phi) is 5.13. The zero-order chi connectivity index (χ0) is 13.8. The van der Waals surface area contributed by atoms with Crippen LogP contribution < -0.4 is 0 Å². The van der Waals surface area contributed by atoms with Crippen molar-refractivity contribution in [2.45, 2.75) is 38.1 Å². The largest absolute Gasteiger partial charge is 0.481 e. The van der Waals surface area contributed by atoms with Crippen LogP contribution in [0.15, 0.2) is 0 Å². The van der Waals surface area contributed by atoms with E-state index >= 15 is 0 Å². The summed E-state index contributed by atoms with van der Waals surface area (Å²) in [4.78, 5) is 24.2. The number of carboxylic acid groups (broad SMARTS) is 1. The summed E-state index contributed by atoms with van der Waals surface area (Å²) >= 11 is 0. The van der Waals surface area contributed by atoms with E-state index in [1.807, 2.05) is 0 Å². The molecule has 1 unspecified atom stereocenters. The molecule has 0 aromatic heterocycles. The fourth-order valence-corrected chi connectivity index (χ4v) is 2.70. The molecule has 0 bridgehead atoms. The van der Waals surface area contributed by atoms with Crippen molar-refractivity contribution < 1.29 is 23.1 Å². The molecular weight excluding hydrogens is 258 g/mol. The number of amides is 1. The molecule has 0 spiro atoms. The Balaban J connectivity index is 2.59. The number of sulfone groups is 1. The molecule has 1 aliphatic rings. The molecule has 0 saturated carbocycles. The lowest BCUT2D eigenvalue weighted by molar-refractivity contribution is -0.141. The van der Waals surface area contributed by atoms with Gasteiger partial charge in [-0.05, 0) is 19.3 Å². The van der Waals surface area contributed by atoms with Gasteiger partial charge in [-0.1, -0.05) is 0 Å². The van der Waals surface area contributed by atoms with Crippen LogP contribution in [0, 0.1) is 0 Å². The number of carbonyl (C=O) groups is 2. The first-order valence-electron chi connectivity index (χ1n) is 5.98. The van der Waals surface area contributed by atoms with Crippen molar-refractivity contribution in [3.05, 3.63) is 0 Å². The average Bonchev–Trinajstić information content (AvgIpc) is 2.25. The third-order valence-electron chi connectivity index (χ3n) is 3.04. The second-order valence-electron chi connectivity index (χ2n) is 4.71. The third-order valence-corrected chi connectivity index (χ3v) is 3.99. The van der Waals surface area contributed by atoms with Gasteiger partial charge in [0.25, 0.3) is 0 Å². The monoisotopic (exact) mass is 277 g/mol. The van der Waals surface area contributed by atoms with E-state index in [0.29, 0.717) is 13.0 Å². The summed E-state index contributed by atoms with van der Waals surface area (Å²) in [5.74, 6) is -1.36. The highest BCUT2D eigenvalue weighted by Crippen LogP contribution is 2.20. The lowest BCUT2D eigenvalue weighted by atomic mass is 9.99. The van der Waals surface area contributed by atoms with E-state index in [2.05, 4.69) is 0 Å². The van der Waals surface area contributed by atoms with E-state index in [9.17, 15) is 18.0 Å². The van der Waals surface area contributed by atoms with Gasteiger partial charge in [-0.3, -0.25) is 9.59 Å². The Morgan fingerprint density at radius 2 is 2.00 bits per heavy atom. The predicted octanol–water partition coefficient (Wildman–Crippen LogP) is 0.277. The van der Waals surface area contributed by atoms with Crippen molar-refractivity contribution in [2.75, 3.05) is 18.6 Å². The van der Waals surface area contributed by atoms with E-state index in [1.54, 1.807) is 0 Å². The fourth-order valence-electron chi connectivity index (χ4n) is 2.16. The van der Waals surface area contributed by atoms with Crippen LogP contribution >= 0.6 is 0 Å². The molecule has 104 valence electrons. The topological polar surface area (TPSA) is 91.8 Å². The molecule has 0 aromatic rings. The number of carboxylic acids is 1. The molecule has 18 heavy (non-hydrogen) atoms. The Morgan fingerprint density at radius 1 is 1.33 bits per heavy atom. The lowest BCUT2D eigenvalue weighted by Gasteiger charge is -2.35. The summed E-state index contributed by atoms with van der Waals surface area (Å²) in [7, 11) is -3.16. The highest BCUT2D eigenvalue weighted by atomic mass is 32.2. The summed E-state index contributed by atoms with van der Waals surface area (Å²) < 4.78 is 22.0. The molecule has 1 saturated heterocycles. The van der Waals surface area contributed by atoms with E-state index < -0.39 is 15.8 Å². The standard InChI is InChI=1S/C11H19NO5S/c1-18(16,17)7-5-10(13)12-6-3-2-4-9(12)8-11(14)15/h9H,2-8H2,1H3,(H,14,15). The zero-order valence-electron chi connectivity index (χ0n) is 10.5. The number of piperidine rings is 1. The van der Waals surface area contributed by atoms with Crippen LogP contribution in [0.4, 0.5) is 0 Å². The Hall–Kier alpha value is -1.11. The molecule has 1 fully saturated rings. The average molecular weight is 277 g/mol. The number of rotatable bonds is 5. The quantitative estimate of drug-likeness (QED) is 0.779. The second-order valence-corrected chi connectivity index (χ2v) is 6.97. The van der Waals surface area contributed by atoms with Crippen molar-refractivity contribution in [1.82, 2.24) is 4.90 Å². The van der Waals surface area contributed by atoms with Crippen LogP contribution in [-0.4, -0.2) is 54.9 Å². The van der Waals surface area contributed by atoms with Crippen LogP contribution in [-0.2, 0) is 19.4 Å². The number of hydrogen-bond donors (Lipinski definition) is 1. The Morgan fingerprint density at radius 3 is 2.56 bits per heavy atom. The van der Waals surface area contributed by atoms with Gasteiger partial charge < -0.3 is 10.0 Å². The van der Waals surface area contributed by atoms with Crippen LogP contribution in [0.25, 0.3) is 0 Å². The molecule has 1 atom stereocenters. The minimum absolute atomic E-state index is 0.0606. The first-order valence-corrected chi connectivity index (χ1v) is 8.04. The number of nitrogens with zero attached hydrogens (tertiary/aromatic N) is 1. The smallest absolute Gasteiger partial charge is 0.305 e. The van der Waals surface area contributed by atoms with Gasteiger partial charge in [-0.2, -0.15) is 0 Å². The normalized spacial score (nSPS) is 20.7. The van der Waals surface area contributed by atoms with Gasteiger partial charge in [-0.25, -0.2) is 8.42 Å². The number of carbonyl (C=O) groups excluding carboxylic acids is 1. The molecular formula is C11H19NO5S. The minimum atomic E-state index is -3.16. The predicted molar refractivity (Wildman–Crippen MR) is 65.9 cm³/mol. The van der Waals surface area contributed by atoms with E-state index in [1.165, 1.54) is 4.90 Å². The molecule has 1 aliphatic heterocycles. The SMILES string of the molecule is CS(=O)(=O)CCC(=O)N1CCCCC1CC(=O)O. The molecule has 0 aliphatic carbocycles. The molecule has 0 aromatic carbocycles. The third kappa shape index (κ3) is 5.03. The molecule has 0 radical (unpaired) electrons. The van der Waals surface area contributed by atoms with Gasteiger partial charge in [0.05, 0.1) is 12.2 Å². The summed E-state index contributed by atoms with van der Waals surface area (Å²) in [6.45, 7) is 0.528. The summed E-state index contributed by atoms with van der Waals surface area (Å²) in [5.41, 5.74) is 0. The number of hydrogen-bond acceptors (Lipinski definition) is 4. The van der Waals surface area contributed by atoms with Crippen LogP contribution in [0.3, 0.4) is 0 Å². The van der Waals surface area contributed by atoms with Crippen molar-refractivity contribution in [3.63, 3.8) is 0 Å². The van der Waals surface area contributed by atoms with Gasteiger partial charge in [-0.15, -0.1) is 0 Å². The molecule has 1 heterocycles. The van der Waals surface area contributed by atoms with E-state index in [0.717, 1.165) is 19.1 Å². The lowest BCUT2D eigenvalue weighted by Crippen LogP contribution is -2.45. The van der Waals surface area contributed by atoms with Gasteiger partial charge in [0.1, 0.15) is 9.84 Å². The maximum atomic E-state index is 11.9. The van der Waals surface area contributed by atoms with Crippen molar-refractivity contribution in [2.24, 2.45) is 0 Å². The highest BCUT2D eigenvalue weighted by molar-refractivity contribution is 7.90. The molecule has 1 rings (SSSR count). The molecule has 1 N–H and O–H groups in total. The maximum absolute atomic E-state index is 11.9. The van der Waals surface area contributed by atoms with Crippen LogP contribution in [0.5, 0.6) is 0 Å². The fraction of sp³-hybridized carbons (Fsp3) is 0.818. The van der Waals surface area contributed by atoms with Crippen LogP contribution in [0.2, 0.25) is 0 Å². The minimum Gasteiger partial charge on any atom is -0.481 e. The zero-order valence-corrected chi connectivity index (χ0v) is 11.3. The molecule has 7 heteroatoms. The number of aliphatic carboxylic acids is 1. The summed E-state index contributed by atoms with van der Waals surface area (Å²) in [6, 6.07) is -0.289. The number of likely N-dealkylation sites (tertiary alicyclic amines) is 1. The first kappa shape index (κ1) is 14.9.